The maximum atomic E-state index is 12.4. The lowest BCUT2D eigenvalue weighted by Crippen LogP contribution is -1.95. The molecule has 0 amide bonds. The Labute approximate surface area is 80.0 Å². The lowest BCUT2D eigenvalue weighted by atomic mass is 10.1. The van der Waals surface area contributed by atoms with Gasteiger partial charge in [0.05, 0.1) is 0 Å². The van der Waals surface area contributed by atoms with E-state index < -0.39 is 0 Å². The summed E-state index contributed by atoms with van der Waals surface area (Å²) in [6.45, 7) is 2.14. The predicted molar refractivity (Wildman–Crippen MR) is 53.6 cm³/mol. The summed E-state index contributed by atoms with van der Waals surface area (Å²) >= 11 is 2.36. The van der Waals surface area contributed by atoms with E-state index in [-0.39, 0.29) is 5.82 Å². The zero-order valence-electron chi connectivity index (χ0n) is 6.35. The van der Waals surface area contributed by atoms with E-state index in [1.54, 1.807) is 0 Å². The van der Waals surface area contributed by atoms with Crippen molar-refractivity contribution in [2.75, 3.05) is 0 Å². The van der Waals surface area contributed by atoms with Gasteiger partial charge in [0.25, 0.3) is 0 Å². The van der Waals surface area contributed by atoms with Crippen LogP contribution in [0.2, 0.25) is 0 Å². The van der Waals surface area contributed by atoms with Gasteiger partial charge in [-0.15, -0.1) is 0 Å². The van der Waals surface area contributed by atoms with Gasteiger partial charge in [0.2, 0.25) is 0 Å². The summed E-state index contributed by atoms with van der Waals surface area (Å²) < 4.78 is 13.0. The Morgan fingerprint density at radius 3 is 2.36 bits per heavy atom. The summed E-state index contributed by atoms with van der Waals surface area (Å²) in [5, 5.41) is 0. The topological polar surface area (TPSA) is 0 Å². The highest BCUT2D eigenvalue weighted by Gasteiger charge is 1.97. The van der Waals surface area contributed by atoms with Crippen LogP contribution in [0.4, 0.5) is 4.39 Å². The monoisotopic (exact) mass is 264 g/mol. The highest BCUT2D eigenvalue weighted by molar-refractivity contribution is 14.1. The fourth-order valence-electron chi connectivity index (χ4n) is 0.945. The van der Waals surface area contributed by atoms with E-state index in [1.165, 1.54) is 17.7 Å². The van der Waals surface area contributed by atoms with E-state index >= 15 is 0 Å². The SMILES string of the molecule is CC(I)Cc1ccc(F)cc1. The van der Waals surface area contributed by atoms with E-state index in [4.69, 9.17) is 0 Å². The first-order valence-electron chi connectivity index (χ1n) is 3.57. The molecule has 11 heavy (non-hydrogen) atoms. The summed E-state index contributed by atoms with van der Waals surface area (Å²) in [6.07, 6.45) is 1.01. The van der Waals surface area contributed by atoms with Gasteiger partial charge >= 0.3 is 0 Å². The van der Waals surface area contributed by atoms with Gasteiger partial charge in [0, 0.05) is 3.92 Å². The molecule has 0 radical (unpaired) electrons. The van der Waals surface area contributed by atoms with Crippen LogP contribution in [0.1, 0.15) is 12.5 Å². The molecule has 60 valence electrons. The van der Waals surface area contributed by atoms with E-state index in [0.717, 1.165) is 6.42 Å². The van der Waals surface area contributed by atoms with E-state index in [9.17, 15) is 4.39 Å². The van der Waals surface area contributed by atoms with Crippen molar-refractivity contribution in [3.63, 3.8) is 0 Å². The number of alkyl halides is 1. The summed E-state index contributed by atoms with van der Waals surface area (Å²) in [4.78, 5) is 0. The minimum Gasteiger partial charge on any atom is -0.207 e. The van der Waals surface area contributed by atoms with Gasteiger partial charge in [0.1, 0.15) is 5.82 Å². The molecule has 1 atom stereocenters. The lowest BCUT2D eigenvalue weighted by molar-refractivity contribution is 0.627. The van der Waals surface area contributed by atoms with Crippen LogP contribution in [0.5, 0.6) is 0 Å². The van der Waals surface area contributed by atoms with Crippen LogP contribution in [0.3, 0.4) is 0 Å². The fourth-order valence-corrected chi connectivity index (χ4v) is 1.45. The third kappa shape index (κ3) is 3.18. The molecule has 0 aliphatic heterocycles. The van der Waals surface area contributed by atoms with Crippen LogP contribution in [0.25, 0.3) is 0 Å². The minimum absolute atomic E-state index is 0.158. The molecule has 0 aliphatic carbocycles. The van der Waals surface area contributed by atoms with Gasteiger partial charge < -0.3 is 0 Å². The molecule has 0 bridgehead atoms. The lowest BCUT2D eigenvalue weighted by Gasteiger charge is -2.01. The van der Waals surface area contributed by atoms with E-state index in [0.29, 0.717) is 3.92 Å². The van der Waals surface area contributed by atoms with Crippen molar-refractivity contribution < 1.29 is 4.39 Å². The molecule has 0 aliphatic rings. The zero-order chi connectivity index (χ0) is 8.27. The average Bonchev–Trinajstić information content (AvgIpc) is 1.93. The van der Waals surface area contributed by atoms with Crippen molar-refractivity contribution in [2.45, 2.75) is 17.3 Å². The van der Waals surface area contributed by atoms with E-state index in [1.807, 2.05) is 12.1 Å². The van der Waals surface area contributed by atoms with Crippen molar-refractivity contribution >= 4 is 22.6 Å². The second kappa shape index (κ2) is 4.04. The number of halogens is 2. The van der Waals surface area contributed by atoms with Crippen molar-refractivity contribution in [1.29, 1.82) is 0 Å². The molecule has 0 heterocycles. The second-order valence-electron chi connectivity index (χ2n) is 2.61. The number of rotatable bonds is 2. The van der Waals surface area contributed by atoms with Crippen LogP contribution >= 0.6 is 22.6 Å². The van der Waals surface area contributed by atoms with Crippen LogP contribution in [0.15, 0.2) is 24.3 Å². The molecule has 0 fully saturated rings. The Morgan fingerprint density at radius 2 is 1.91 bits per heavy atom. The quantitative estimate of drug-likeness (QED) is 0.568. The molecule has 1 aromatic carbocycles. The van der Waals surface area contributed by atoms with Crippen molar-refractivity contribution in [3.8, 4) is 0 Å². The second-order valence-corrected chi connectivity index (χ2v) is 4.74. The highest BCUT2D eigenvalue weighted by Crippen LogP contribution is 2.10. The molecule has 1 aromatic rings. The molecule has 0 saturated carbocycles. The van der Waals surface area contributed by atoms with Crippen molar-refractivity contribution in [1.82, 2.24) is 0 Å². The first-order valence-corrected chi connectivity index (χ1v) is 4.81. The number of hydrogen-bond acceptors (Lipinski definition) is 0. The molecule has 2 heteroatoms. The zero-order valence-corrected chi connectivity index (χ0v) is 8.51. The fraction of sp³-hybridized carbons (Fsp3) is 0.333. The van der Waals surface area contributed by atoms with Crippen molar-refractivity contribution in [2.24, 2.45) is 0 Å². The van der Waals surface area contributed by atoms with Gasteiger partial charge in [-0.2, -0.15) is 0 Å². The summed E-state index contributed by atoms with van der Waals surface area (Å²) in [7, 11) is 0. The standard InChI is InChI=1S/C9H10FI/c1-7(11)6-8-2-4-9(10)5-3-8/h2-5,7H,6H2,1H3. The molecule has 0 N–H and O–H groups in total. The predicted octanol–water partition coefficient (Wildman–Crippen LogP) is 3.19. The minimum atomic E-state index is -0.158. The Hall–Kier alpha value is -0.120. The normalized spacial score (nSPS) is 13.0. The Balaban J connectivity index is 2.66. The third-order valence-corrected chi connectivity index (χ3v) is 1.87. The van der Waals surface area contributed by atoms with Gasteiger partial charge in [-0.25, -0.2) is 4.39 Å². The Kier molecular flexibility index (Phi) is 3.30. The van der Waals surface area contributed by atoms with E-state index in [2.05, 4.69) is 29.5 Å². The van der Waals surface area contributed by atoms with Crippen molar-refractivity contribution in [3.05, 3.63) is 35.6 Å². The molecule has 0 aromatic heterocycles. The molecular weight excluding hydrogens is 254 g/mol. The summed E-state index contributed by atoms with van der Waals surface area (Å²) in [6, 6.07) is 6.69. The van der Waals surface area contributed by atoms with Gasteiger partial charge in [-0.3, -0.25) is 0 Å². The smallest absolute Gasteiger partial charge is 0.123 e. The van der Waals surface area contributed by atoms with Crippen LogP contribution in [0, 0.1) is 5.82 Å². The number of benzene rings is 1. The van der Waals surface area contributed by atoms with Crippen LogP contribution < -0.4 is 0 Å². The average molecular weight is 264 g/mol. The molecule has 1 unspecified atom stereocenters. The van der Waals surface area contributed by atoms with Gasteiger partial charge in [0.15, 0.2) is 0 Å². The third-order valence-electron chi connectivity index (χ3n) is 1.43. The highest BCUT2D eigenvalue weighted by atomic mass is 127. The maximum absolute atomic E-state index is 12.4. The molecule has 0 spiro atoms. The maximum Gasteiger partial charge on any atom is 0.123 e. The summed E-state index contributed by atoms with van der Waals surface area (Å²) in [5.41, 5.74) is 1.20. The van der Waals surface area contributed by atoms with Crippen LogP contribution in [-0.4, -0.2) is 3.92 Å². The molecule has 0 saturated heterocycles. The Bertz CT molecular complexity index is 216. The van der Waals surface area contributed by atoms with Gasteiger partial charge in [-0.1, -0.05) is 41.6 Å². The molecule has 1 rings (SSSR count). The largest absolute Gasteiger partial charge is 0.207 e. The summed E-state index contributed by atoms with van der Waals surface area (Å²) in [5.74, 6) is -0.158. The first kappa shape index (κ1) is 8.97. The van der Waals surface area contributed by atoms with Crippen LogP contribution in [-0.2, 0) is 6.42 Å². The Morgan fingerprint density at radius 1 is 1.36 bits per heavy atom. The molecule has 0 nitrogen and oxygen atoms in total. The number of hydrogen-bond donors (Lipinski definition) is 0. The first-order chi connectivity index (χ1) is 5.18. The van der Waals surface area contributed by atoms with Gasteiger partial charge in [-0.05, 0) is 24.1 Å². The molecular formula is C9H10FI.